The Morgan fingerprint density at radius 3 is 2.65 bits per heavy atom. The number of fused-ring (bicyclic) bond motifs is 1. The fraction of sp³-hybridized carbons (Fsp3) is 0.167. The summed E-state index contributed by atoms with van der Waals surface area (Å²) in [7, 11) is 1.66. The number of ether oxygens (including phenoxy) is 1. The molecule has 3 aromatic carbocycles. The van der Waals surface area contributed by atoms with Crippen LogP contribution in [0.5, 0.6) is 5.75 Å². The van der Waals surface area contributed by atoms with Gasteiger partial charge in [0.05, 0.1) is 25.6 Å². The summed E-state index contributed by atoms with van der Waals surface area (Å²) in [4.78, 5) is 13.6. The monoisotopic (exact) mass is 451 g/mol. The standard InChI is InChI=1S/C24H22ClN3O2S/c1-30-19-9-7-16(8-10-19)14-28-15-20-22(27-28)12-18(13-23(20)31-2)26-24(29)11-17-5-3-4-6-21(17)25/h3-10,12-13,15H,11,14H2,1-2H3,(H,26,29). The molecule has 0 saturated heterocycles. The number of amides is 1. The van der Waals surface area contributed by atoms with Crippen LogP contribution in [0.25, 0.3) is 10.9 Å². The molecule has 0 atom stereocenters. The molecule has 158 valence electrons. The lowest BCUT2D eigenvalue weighted by molar-refractivity contribution is -0.115. The van der Waals surface area contributed by atoms with Crippen molar-refractivity contribution >= 4 is 45.9 Å². The van der Waals surface area contributed by atoms with Gasteiger partial charge in [0, 0.05) is 27.2 Å². The van der Waals surface area contributed by atoms with Gasteiger partial charge in [0.2, 0.25) is 5.91 Å². The molecule has 1 N–H and O–H groups in total. The number of methoxy groups -OCH3 is 1. The lowest BCUT2D eigenvalue weighted by Gasteiger charge is -2.08. The summed E-state index contributed by atoms with van der Waals surface area (Å²) >= 11 is 7.81. The highest BCUT2D eigenvalue weighted by atomic mass is 35.5. The van der Waals surface area contributed by atoms with Gasteiger partial charge in [0.25, 0.3) is 0 Å². The first-order valence-electron chi connectivity index (χ1n) is 9.77. The Kier molecular flexibility index (Phi) is 6.49. The predicted octanol–water partition coefficient (Wildman–Crippen LogP) is 5.65. The number of thioether (sulfide) groups is 1. The molecular weight excluding hydrogens is 430 g/mol. The molecule has 4 rings (SSSR count). The van der Waals surface area contributed by atoms with Crippen LogP contribution in [0.1, 0.15) is 11.1 Å². The second-order valence-electron chi connectivity index (χ2n) is 7.10. The van der Waals surface area contributed by atoms with E-state index in [9.17, 15) is 4.79 Å². The molecule has 0 aliphatic rings. The second-order valence-corrected chi connectivity index (χ2v) is 8.36. The van der Waals surface area contributed by atoms with Crippen LogP contribution in [-0.2, 0) is 17.8 Å². The first-order valence-corrected chi connectivity index (χ1v) is 11.4. The minimum atomic E-state index is -0.114. The van der Waals surface area contributed by atoms with E-state index in [0.29, 0.717) is 11.6 Å². The molecule has 7 heteroatoms. The maximum atomic E-state index is 12.6. The Labute approximate surface area is 190 Å². The Morgan fingerprint density at radius 1 is 1.16 bits per heavy atom. The average molecular weight is 452 g/mol. The molecule has 0 fully saturated rings. The number of aromatic nitrogens is 2. The number of anilines is 1. The zero-order valence-corrected chi connectivity index (χ0v) is 18.8. The van der Waals surface area contributed by atoms with Gasteiger partial charge in [-0.3, -0.25) is 9.48 Å². The summed E-state index contributed by atoms with van der Waals surface area (Å²) in [5.41, 5.74) is 3.50. The van der Waals surface area contributed by atoms with E-state index in [1.165, 1.54) is 0 Å². The van der Waals surface area contributed by atoms with Gasteiger partial charge in [-0.1, -0.05) is 41.9 Å². The topological polar surface area (TPSA) is 56.1 Å². The molecule has 5 nitrogen and oxygen atoms in total. The molecule has 0 aliphatic heterocycles. The van der Waals surface area contributed by atoms with Gasteiger partial charge in [0.1, 0.15) is 5.75 Å². The second kappa shape index (κ2) is 9.45. The third-order valence-corrected chi connectivity index (χ3v) is 6.10. The third-order valence-electron chi connectivity index (χ3n) is 4.95. The number of hydrogen-bond acceptors (Lipinski definition) is 4. The normalized spacial score (nSPS) is 10.9. The van der Waals surface area contributed by atoms with Crippen molar-refractivity contribution in [1.82, 2.24) is 9.78 Å². The summed E-state index contributed by atoms with van der Waals surface area (Å²) in [6, 6.07) is 19.2. The van der Waals surface area contributed by atoms with E-state index in [-0.39, 0.29) is 12.3 Å². The maximum absolute atomic E-state index is 12.6. The average Bonchev–Trinajstić information content (AvgIpc) is 3.17. The SMILES string of the molecule is COc1ccc(Cn2cc3c(SC)cc(NC(=O)Cc4ccccc4Cl)cc3n2)cc1. The summed E-state index contributed by atoms with van der Waals surface area (Å²) in [5, 5.41) is 9.36. The van der Waals surface area contributed by atoms with Crippen LogP contribution >= 0.6 is 23.4 Å². The summed E-state index contributed by atoms with van der Waals surface area (Å²) in [6.07, 6.45) is 4.28. The van der Waals surface area contributed by atoms with E-state index < -0.39 is 0 Å². The van der Waals surface area contributed by atoms with Crippen molar-refractivity contribution in [2.45, 2.75) is 17.9 Å². The molecule has 4 aromatic rings. The van der Waals surface area contributed by atoms with E-state index in [2.05, 4.69) is 5.32 Å². The van der Waals surface area contributed by atoms with Gasteiger partial charge in [-0.15, -0.1) is 11.8 Å². The fourth-order valence-electron chi connectivity index (χ4n) is 3.40. The Morgan fingerprint density at radius 2 is 1.94 bits per heavy atom. The van der Waals surface area contributed by atoms with Gasteiger partial charge in [-0.05, 0) is 47.7 Å². The number of benzene rings is 3. The number of hydrogen-bond donors (Lipinski definition) is 1. The number of carbonyl (C=O) groups is 1. The number of rotatable bonds is 7. The Balaban J connectivity index is 1.55. The lowest BCUT2D eigenvalue weighted by atomic mass is 10.1. The van der Waals surface area contributed by atoms with E-state index in [1.807, 2.05) is 71.7 Å². The van der Waals surface area contributed by atoms with Crippen molar-refractivity contribution in [3.8, 4) is 5.75 Å². The molecule has 0 bridgehead atoms. The summed E-state index contributed by atoms with van der Waals surface area (Å²) in [6.45, 7) is 0.653. The molecule has 1 amide bonds. The number of carbonyl (C=O) groups excluding carboxylic acids is 1. The van der Waals surface area contributed by atoms with Crippen molar-refractivity contribution in [3.05, 3.63) is 83.0 Å². The van der Waals surface area contributed by atoms with Crippen molar-refractivity contribution < 1.29 is 9.53 Å². The van der Waals surface area contributed by atoms with Gasteiger partial charge in [0.15, 0.2) is 0 Å². The maximum Gasteiger partial charge on any atom is 0.228 e. The van der Waals surface area contributed by atoms with Crippen LogP contribution < -0.4 is 10.1 Å². The van der Waals surface area contributed by atoms with Crippen LogP contribution in [0.2, 0.25) is 5.02 Å². The molecule has 0 aliphatic carbocycles. The highest BCUT2D eigenvalue weighted by Crippen LogP contribution is 2.30. The zero-order chi connectivity index (χ0) is 21.8. The zero-order valence-electron chi connectivity index (χ0n) is 17.3. The summed E-state index contributed by atoms with van der Waals surface area (Å²) < 4.78 is 7.14. The van der Waals surface area contributed by atoms with Gasteiger partial charge in [-0.2, -0.15) is 5.10 Å². The van der Waals surface area contributed by atoms with Crippen LogP contribution in [-0.4, -0.2) is 29.1 Å². The molecule has 1 aromatic heterocycles. The van der Waals surface area contributed by atoms with Crippen LogP contribution in [0.15, 0.2) is 71.8 Å². The Hall–Kier alpha value is -2.96. The lowest BCUT2D eigenvalue weighted by Crippen LogP contribution is -2.14. The minimum Gasteiger partial charge on any atom is -0.497 e. The molecule has 0 radical (unpaired) electrons. The predicted molar refractivity (Wildman–Crippen MR) is 127 cm³/mol. The molecule has 0 unspecified atom stereocenters. The highest BCUT2D eigenvalue weighted by molar-refractivity contribution is 7.98. The quantitative estimate of drug-likeness (QED) is 0.369. The molecular formula is C24H22ClN3O2S. The first-order chi connectivity index (χ1) is 15.1. The molecule has 0 saturated carbocycles. The number of nitrogens with one attached hydrogen (secondary N) is 1. The van der Waals surface area contributed by atoms with Crippen molar-refractivity contribution in [3.63, 3.8) is 0 Å². The third kappa shape index (κ3) is 5.03. The van der Waals surface area contributed by atoms with Crippen molar-refractivity contribution in [2.24, 2.45) is 0 Å². The van der Waals surface area contributed by atoms with Crippen LogP contribution in [0, 0.1) is 0 Å². The van der Waals surface area contributed by atoms with Gasteiger partial charge < -0.3 is 10.1 Å². The smallest absolute Gasteiger partial charge is 0.228 e. The Bertz CT molecular complexity index is 1220. The highest BCUT2D eigenvalue weighted by Gasteiger charge is 2.12. The minimum absolute atomic E-state index is 0.114. The molecule has 31 heavy (non-hydrogen) atoms. The van der Waals surface area contributed by atoms with E-state index in [0.717, 1.165) is 38.4 Å². The fourth-order valence-corrected chi connectivity index (χ4v) is 4.23. The number of halogens is 1. The molecule has 0 spiro atoms. The number of nitrogens with zero attached hydrogens (tertiary/aromatic N) is 2. The van der Waals surface area contributed by atoms with Crippen molar-refractivity contribution in [1.29, 1.82) is 0 Å². The van der Waals surface area contributed by atoms with E-state index in [1.54, 1.807) is 24.9 Å². The first kappa shape index (κ1) is 21.3. The van der Waals surface area contributed by atoms with E-state index >= 15 is 0 Å². The summed E-state index contributed by atoms with van der Waals surface area (Å²) in [5.74, 6) is 0.716. The van der Waals surface area contributed by atoms with Gasteiger partial charge in [-0.25, -0.2) is 0 Å². The van der Waals surface area contributed by atoms with Crippen LogP contribution in [0.3, 0.4) is 0 Å². The van der Waals surface area contributed by atoms with Crippen molar-refractivity contribution in [2.75, 3.05) is 18.7 Å². The molecule has 1 heterocycles. The van der Waals surface area contributed by atoms with Gasteiger partial charge >= 0.3 is 0 Å². The largest absolute Gasteiger partial charge is 0.497 e. The van der Waals surface area contributed by atoms with Crippen LogP contribution in [0.4, 0.5) is 5.69 Å². The van der Waals surface area contributed by atoms with E-state index in [4.69, 9.17) is 21.4 Å².